The largest absolute Gasteiger partial charge is 0.462 e. The molecule has 1 aromatic heterocycles. The number of anilines is 1. The van der Waals surface area contributed by atoms with Crippen molar-refractivity contribution in [2.45, 2.75) is 33.1 Å². The summed E-state index contributed by atoms with van der Waals surface area (Å²) in [7, 11) is 0. The molecule has 122 valence electrons. The van der Waals surface area contributed by atoms with Crippen molar-refractivity contribution < 1.29 is 19.1 Å². The highest BCUT2D eigenvalue weighted by atomic mass is 32.1. The van der Waals surface area contributed by atoms with Gasteiger partial charge in [0.2, 0.25) is 0 Å². The van der Waals surface area contributed by atoms with Crippen molar-refractivity contribution in [3.63, 3.8) is 0 Å². The zero-order valence-electron chi connectivity index (χ0n) is 13.1. The van der Waals surface area contributed by atoms with Crippen LogP contribution in [0.1, 0.15) is 41.1 Å². The molecule has 0 amide bonds. The molecule has 0 atom stereocenters. The number of thiophene rings is 1. The highest BCUT2D eigenvalue weighted by molar-refractivity contribution is 7.16. The molecule has 0 saturated carbocycles. The average Bonchev–Trinajstić information content (AvgIpc) is 3.08. The van der Waals surface area contributed by atoms with Crippen LogP contribution in [0.15, 0.2) is 11.8 Å². The van der Waals surface area contributed by atoms with Gasteiger partial charge >= 0.3 is 11.9 Å². The van der Waals surface area contributed by atoms with Gasteiger partial charge in [0.1, 0.15) is 11.1 Å². The molecule has 1 heterocycles. The van der Waals surface area contributed by atoms with Crippen LogP contribution in [0.3, 0.4) is 0 Å². The highest BCUT2D eigenvalue weighted by Gasteiger charge is 2.27. The van der Waals surface area contributed by atoms with Gasteiger partial charge < -0.3 is 14.8 Å². The maximum Gasteiger partial charge on any atom is 0.350 e. The number of carbonyl (C=O) groups excluding carboxylic acids is 2. The van der Waals surface area contributed by atoms with E-state index in [0.717, 1.165) is 29.7 Å². The Bertz CT molecular complexity index is 685. The minimum Gasteiger partial charge on any atom is -0.462 e. The Morgan fingerprint density at radius 3 is 2.70 bits per heavy atom. The van der Waals surface area contributed by atoms with Crippen LogP contribution < -0.4 is 5.32 Å². The van der Waals surface area contributed by atoms with E-state index in [1.54, 1.807) is 19.9 Å². The van der Waals surface area contributed by atoms with Gasteiger partial charge in [-0.05, 0) is 38.7 Å². The second-order valence-electron chi connectivity index (χ2n) is 4.82. The van der Waals surface area contributed by atoms with Crippen LogP contribution in [-0.2, 0) is 27.1 Å². The molecule has 0 fully saturated rings. The molecule has 0 aromatic carbocycles. The SMILES string of the molecule is CCOC(=O)/C(C#N)=C\Nc1sc2c(c1C(=O)OCC)CCC2. The van der Waals surface area contributed by atoms with E-state index in [9.17, 15) is 9.59 Å². The predicted molar refractivity (Wildman–Crippen MR) is 86.3 cm³/mol. The predicted octanol–water partition coefficient (Wildman–Crippen LogP) is 2.80. The van der Waals surface area contributed by atoms with E-state index in [1.165, 1.54) is 17.5 Å². The third-order valence-corrected chi connectivity index (χ3v) is 4.59. The van der Waals surface area contributed by atoms with Gasteiger partial charge in [0, 0.05) is 11.1 Å². The topological polar surface area (TPSA) is 88.4 Å². The van der Waals surface area contributed by atoms with Crippen molar-refractivity contribution in [1.29, 1.82) is 5.26 Å². The fourth-order valence-electron chi connectivity index (χ4n) is 2.41. The lowest BCUT2D eigenvalue weighted by Crippen LogP contribution is -2.10. The molecule has 1 aromatic rings. The average molecular weight is 334 g/mol. The number of ether oxygens (including phenoxy) is 2. The number of hydrogen-bond donors (Lipinski definition) is 1. The van der Waals surface area contributed by atoms with Crippen molar-refractivity contribution in [3.05, 3.63) is 27.8 Å². The third kappa shape index (κ3) is 3.71. The Hall–Kier alpha value is -2.33. The third-order valence-electron chi connectivity index (χ3n) is 3.36. The summed E-state index contributed by atoms with van der Waals surface area (Å²) < 4.78 is 9.92. The lowest BCUT2D eigenvalue weighted by atomic mass is 10.1. The summed E-state index contributed by atoms with van der Waals surface area (Å²) in [4.78, 5) is 25.0. The quantitative estimate of drug-likeness (QED) is 0.489. The van der Waals surface area contributed by atoms with Gasteiger partial charge in [-0.3, -0.25) is 0 Å². The molecule has 23 heavy (non-hydrogen) atoms. The zero-order chi connectivity index (χ0) is 16.8. The molecule has 1 aliphatic carbocycles. The van der Waals surface area contributed by atoms with E-state index < -0.39 is 5.97 Å². The minimum atomic E-state index is -0.690. The molecule has 0 unspecified atom stereocenters. The first-order valence-corrected chi connectivity index (χ1v) is 8.29. The number of nitrogens with zero attached hydrogens (tertiary/aromatic N) is 1. The van der Waals surface area contributed by atoms with Crippen molar-refractivity contribution >= 4 is 28.3 Å². The molecular weight excluding hydrogens is 316 g/mol. The normalized spacial score (nSPS) is 13.2. The first-order valence-electron chi connectivity index (χ1n) is 7.47. The lowest BCUT2D eigenvalue weighted by molar-refractivity contribution is -0.138. The van der Waals surface area contributed by atoms with Crippen LogP contribution in [0, 0.1) is 11.3 Å². The molecule has 0 spiro atoms. The molecule has 0 radical (unpaired) electrons. The number of aryl methyl sites for hydroxylation is 1. The minimum absolute atomic E-state index is 0.143. The van der Waals surface area contributed by atoms with Crippen LogP contribution in [0.4, 0.5) is 5.00 Å². The molecule has 1 N–H and O–H groups in total. The molecule has 6 nitrogen and oxygen atoms in total. The summed E-state index contributed by atoms with van der Waals surface area (Å²) in [6.45, 7) is 3.92. The summed E-state index contributed by atoms with van der Waals surface area (Å²) in [6.07, 6.45) is 4.08. The first kappa shape index (κ1) is 17.0. The van der Waals surface area contributed by atoms with Crippen LogP contribution >= 0.6 is 11.3 Å². The number of esters is 2. The molecule has 0 bridgehead atoms. The Morgan fingerprint density at radius 1 is 1.30 bits per heavy atom. The summed E-state index contributed by atoms with van der Waals surface area (Å²) in [6, 6.07) is 1.79. The molecule has 0 aliphatic heterocycles. The maximum atomic E-state index is 12.2. The van der Waals surface area contributed by atoms with Crippen molar-refractivity contribution in [2.24, 2.45) is 0 Å². The number of rotatable bonds is 6. The van der Waals surface area contributed by atoms with E-state index in [1.807, 2.05) is 0 Å². The van der Waals surface area contributed by atoms with E-state index in [0.29, 0.717) is 17.2 Å². The van der Waals surface area contributed by atoms with Gasteiger partial charge in [0.05, 0.1) is 18.8 Å². The standard InChI is InChI=1S/C16H18N2O4S/c1-3-21-15(19)10(8-17)9-18-14-13(16(20)22-4-2)11-6-5-7-12(11)23-14/h9,18H,3-7H2,1-2H3/b10-9-. The molecule has 0 saturated heterocycles. The molecular formula is C16H18N2O4S. The van der Waals surface area contributed by atoms with Crippen LogP contribution in [-0.4, -0.2) is 25.2 Å². The second-order valence-corrected chi connectivity index (χ2v) is 5.92. The Morgan fingerprint density at radius 2 is 2.04 bits per heavy atom. The smallest absolute Gasteiger partial charge is 0.350 e. The number of nitriles is 1. The van der Waals surface area contributed by atoms with E-state index in [2.05, 4.69) is 5.32 Å². The van der Waals surface area contributed by atoms with Crippen LogP contribution in [0.25, 0.3) is 0 Å². The maximum absolute atomic E-state index is 12.2. The van der Waals surface area contributed by atoms with Crippen molar-refractivity contribution in [1.82, 2.24) is 0 Å². The van der Waals surface area contributed by atoms with Gasteiger partial charge in [-0.15, -0.1) is 11.3 Å². The van der Waals surface area contributed by atoms with Gasteiger partial charge in [-0.2, -0.15) is 5.26 Å². The van der Waals surface area contributed by atoms with Crippen molar-refractivity contribution in [2.75, 3.05) is 18.5 Å². The summed E-state index contributed by atoms with van der Waals surface area (Å²) in [5, 5.41) is 12.5. The monoisotopic (exact) mass is 334 g/mol. The number of fused-ring (bicyclic) bond motifs is 1. The van der Waals surface area contributed by atoms with Gasteiger partial charge in [-0.1, -0.05) is 0 Å². The number of nitrogens with one attached hydrogen (secondary N) is 1. The van der Waals surface area contributed by atoms with Crippen molar-refractivity contribution in [3.8, 4) is 6.07 Å². The summed E-state index contributed by atoms with van der Waals surface area (Å²) in [5.74, 6) is -1.07. The number of carbonyl (C=O) groups is 2. The van der Waals surface area contributed by atoms with E-state index >= 15 is 0 Å². The summed E-state index contributed by atoms with van der Waals surface area (Å²) >= 11 is 1.46. The van der Waals surface area contributed by atoms with E-state index in [4.69, 9.17) is 14.7 Å². The molecule has 7 heteroatoms. The Labute approximate surface area is 138 Å². The van der Waals surface area contributed by atoms with Crippen LogP contribution in [0.2, 0.25) is 0 Å². The van der Waals surface area contributed by atoms with Gasteiger partial charge in [0.25, 0.3) is 0 Å². The molecule has 1 aliphatic rings. The Balaban J connectivity index is 2.28. The fraction of sp³-hybridized carbons (Fsp3) is 0.438. The Kier molecular flexibility index (Phi) is 5.77. The van der Waals surface area contributed by atoms with E-state index in [-0.39, 0.29) is 18.1 Å². The fourth-order valence-corrected chi connectivity index (χ4v) is 3.66. The van der Waals surface area contributed by atoms with Crippen LogP contribution in [0.5, 0.6) is 0 Å². The van der Waals surface area contributed by atoms with Gasteiger partial charge in [0.15, 0.2) is 5.57 Å². The zero-order valence-corrected chi connectivity index (χ0v) is 13.9. The lowest BCUT2D eigenvalue weighted by Gasteiger charge is -2.06. The highest BCUT2D eigenvalue weighted by Crippen LogP contribution is 2.39. The first-order chi connectivity index (χ1) is 11.1. The van der Waals surface area contributed by atoms with Gasteiger partial charge in [-0.25, -0.2) is 9.59 Å². The molecule has 2 rings (SSSR count). The summed E-state index contributed by atoms with van der Waals surface area (Å²) in [5.41, 5.74) is 1.39. The number of hydrogen-bond acceptors (Lipinski definition) is 7. The second kappa shape index (κ2) is 7.79.